The molecule has 0 amide bonds. The molecule has 1 atom stereocenters. The average molecular weight is 322 g/mol. The molecule has 2 aromatic rings. The molecule has 0 nitrogen and oxygen atoms in total. The Kier molecular flexibility index (Phi) is 3.73. The van der Waals surface area contributed by atoms with Gasteiger partial charge in [-0.1, -0.05) is 33.6 Å². The van der Waals surface area contributed by atoms with Gasteiger partial charge in [-0.2, -0.15) is 0 Å². The maximum atomic E-state index is 6.36. The molecule has 4 heteroatoms. The summed E-state index contributed by atoms with van der Waals surface area (Å²) in [6.07, 6.45) is 0. The van der Waals surface area contributed by atoms with Crippen molar-refractivity contribution in [3.63, 3.8) is 0 Å². The van der Waals surface area contributed by atoms with E-state index in [2.05, 4.69) is 15.9 Å². The van der Waals surface area contributed by atoms with Gasteiger partial charge in [-0.15, -0.1) is 22.9 Å². The largest absolute Gasteiger partial charge is 0.147 e. The van der Waals surface area contributed by atoms with Gasteiger partial charge in [0.2, 0.25) is 0 Å². The molecule has 1 unspecified atom stereocenters. The second-order valence-electron chi connectivity index (χ2n) is 3.04. The standard InChI is InChI=1S/C11H7BrCl2S/c12-7-3-4-9(13)8(6-7)11(14)10-2-1-5-15-10/h1-6,11H. The van der Waals surface area contributed by atoms with E-state index in [0.29, 0.717) is 5.02 Å². The van der Waals surface area contributed by atoms with Crippen LogP contribution in [-0.2, 0) is 0 Å². The predicted molar refractivity (Wildman–Crippen MR) is 71.2 cm³/mol. The van der Waals surface area contributed by atoms with E-state index in [-0.39, 0.29) is 5.38 Å². The molecule has 0 aliphatic heterocycles. The highest BCUT2D eigenvalue weighted by atomic mass is 79.9. The van der Waals surface area contributed by atoms with Gasteiger partial charge < -0.3 is 0 Å². The van der Waals surface area contributed by atoms with E-state index in [0.717, 1.165) is 14.9 Å². The minimum atomic E-state index is -0.171. The first-order valence-electron chi connectivity index (χ1n) is 4.31. The van der Waals surface area contributed by atoms with Crippen LogP contribution in [0.5, 0.6) is 0 Å². The Labute approximate surface area is 111 Å². The molecular weight excluding hydrogens is 315 g/mol. The van der Waals surface area contributed by atoms with Gasteiger partial charge in [-0.05, 0) is 35.2 Å². The van der Waals surface area contributed by atoms with E-state index >= 15 is 0 Å². The van der Waals surface area contributed by atoms with Gasteiger partial charge in [0.15, 0.2) is 0 Å². The normalized spacial score (nSPS) is 12.7. The number of rotatable bonds is 2. The second-order valence-corrected chi connectivity index (χ2v) is 5.78. The van der Waals surface area contributed by atoms with Gasteiger partial charge in [0.1, 0.15) is 0 Å². The van der Waals surface area contributed by atoms with Crippen molar-refractivity contribution >= 4 is 50.5 Å². The molecule has 2 rings (SSSR count). The van der Waals surface area contributed by atoms with E-state index in [1.165, 1.54) is 0 Å². The zero-order chi connectivity index (χ0) is 10.8. The third-order valence-corrected chi connectivity index (χ3v) is 4.40. The van der Waals surface area contributed by atoms with E-state index < -0.39 is 0 Å². The van der Waals surface area contributed by atoms with Crippen molar-refractivity contribution in [2.45, 2.75) is 5.38 Å². The first-order chi connectivity index (χ1) is 7.18. The number of alkyl halides is 1. The molecule has 0 saturated carbocycles. The fourth-order valence-electron chi connectivity index (χ4n) is 1.30. The molecule has 1 aromatic carbocycles. The topological polar surface area (TPSA) is 0 Å². The van der Waals surface area contributed by atoms with Crippen molar-refractivity contribution < 1.29 is 0 Å². The molecule has 0 aliphatic carbocycles. The zero-order valence-electron chi connectivity index (χ0n) is 7.58. The van der Waals surface area contributed by atoms with Gasteiger partial charge in [-0.25, -0.2) is 0 Å². The van der Waals surface area contributed by atoms with E-state index in [1.807, 2.05) is 35.7 Å². The van der Waals surface area contributed by atoms with Gasteiger partial charge in [-0.3, -0.25) is 0 Å². The van der Waals surface area contributed by atoms with Crippen LogP contribution in [0.3, 0.4) is 0 Å². The van der Waals surface area contributed by atoms with Crippen LogP contribution in [0.2, 0.25) is 5.02 Å². The molecule has 0 fully saturated rings. The Morgan fingerprint density at radius 2 is 2.07 bits per heavy atom. The Morgan fingerprint density at radius 1 is 1.27 bits per heavy atom. The second kappa shape index (κ2) is 4.88. The molecule has 0 N–H and O–H groups in total. The number of thiophene rings is 1. The molecule has 0 spiro atoms. The lowest BCUT2D eigenvalue weighted by Crippen LogP contribution is -1.91. The Hall–Kier alpha value is -0.0200. The highest BCUT2D eigenvalue weighted by molar-refractivity contribution is 9.10. The van der Waals surface area contributed by atoms with Gasteiger partial charge in [0.05, 0.1) is 5.38 Å². The molecule has 78 valence electrons. The summed E-state index contributed by atoms with van der Waals surface area (Å²) in [5, 5.41) is 2.54. The summed E-state index contributed by atoms with van der Waals surface area (Å²) in [7, 11) is 0. The van der Waals surface area contributed by atoms with Crippen molar-refractivity contribution in [3.05, 3.63) is 55.6 Å². The van der Waals surface area contributed by atoms with Crippen molar-refractivity contribution in [1.29, 1.82) is 0 Å². The minimum Gasteiger partial charge on any atom is -0.147 e. The first kappa shape index (κ1) is 11.5. The van der Waals surface area contributed by atoms with Crippen LogP contribution in [0.25, 0.3) is 0 Å². The number of benzene rings is 1. The van der Waals surface area contributed by atoms with Gasteiger partial charge >= 0.3 is 0 Å². The van der Waals surface area contributed by atoms with E-state index in [1.54, 1.807) is 11.3 Å². The fraction of sp³-hybridized carbons (Fsp3) is 0.0909. The lowest BCUT2D eigenvalue weighted by Gasteiger charge is -2.10. The van der Waals surface area contributed by atoms with Crippen LogP contribution in [0.1, 0.15) is 15.8 Å². The summed E-state index contributed by atoms with van der Waals surface area (Å²) in [4.78, 5) is 1.11. The number of hydrogen-bond donors (Lipinski definition) is 0. The maximum Gasteiger partial charge on any atom is 0.0942 e. The predicted octanol–water partition coefficient (Wildman–Crippen LogP) is 5.49. The van der Waals surface area contributed by atoms with Gasteiger partial charge in [0.25, 0.3) is 0 Å². The van der Waals surface area contributed by atoms with Crippen LogP contribution in [0.4, 0.5) is 0 Å². The smallest absolute Gasteiger partial charge is 0.0942 e. The summed E-state index contributed by atoms with van der Waals surface area (Å²) in [6, 6.07) is 9.72. The van der Waals surface area contributed by atoms with Crippen molar-refractivity contribution in [1.82, 2.24) is 0 Å². The lowest BCUT2D eigenvalue weighted by atomic mass is 10.1. The maximum absolute atomic E-state index is 6.36. The summed E-state index contributed by atoms with van der Waals surface area (Å²) in [6.45, 7) is 0. The van der Waals surface area contributed by atoms with Crippen molar-refractivity contribution in [3.8, 4) is 0 Å². The van der Waals surface area contributed by atoms with Crippen molar-refractivity contribution in [2.75, 3.05) is 0 Å². The van der Waals surface area contributed by atoms with Gasteiger partial charge in [0, 0.05) is 14.4 Å². The molecule has 15 heavy (non-hydrogen) atoms. The third-order valence-electron chi connectivity index (χ3n) is 2.02. The van der Waals surface area contributed by atoms with Crippen LogP contribution in [0.15, 0.2) is 40.2 Å². The molecular formula is C11H7BrCl2S. The summed E-state index contributed by atoms with van der Waals surface area (Å²) < 4.78 is 0.990. The van der Waals surface area contributed by atoms with E-state index in [4.69, 9.17) is 23.2 Å². The first-order valence-corrected chi connectivity index (χ1v) is 6.79. The number of hydrogen-bond acceptors (Lipinski definition) is 1. The average Bonchev–Trinajstić information content (AvgIpc) is 2.74. The van der Waals surface area contributed by atoms with Crippen LogP contribution < -0.4 is 0 Å². The Balaban J connectivity index is 2.41. The Bertz CT molecular complexity index is 454. The molecule has 1 aromatic heterocycles. The molecule has 0 aliphatic rings. The summed E-state index contributed by atoms with van der Waals surface area (Å²) in [5.41, 5.74) is 0.940. The minimum absolute atomic E-state index is 0.171. The molecule has 0 radical (unpaired) electrons. The highest BCUT2D eigenvalue weighted by Gasteiger charge is 2.15. The summed E-state index contributed by atoms with van der Waals surface area (Å²) in [5.74, 6) is 0. The lowest BCUT2D eigenvalue weighted by molar-refractivity contribution is 1.18. The zero-order valence-corrected chi connectivity index (χ0v) is 11.5. The molecule has 1 heterocycles. The molecule has 0 bridgehead atoms. The van der Waals surface area contributed by atoms with Crippen LogP contribution >= 0.6 is 50.5 Å². The number of halogens is 3. The monoisotopic (exact) mass is 320 g/mol. The fourth-order valence-corrected chi connectivity index (χ4v) is 3.08. The third kappa shape index (κ3) is 2.56. The van der Waals surface area contributed by atoms with Crippen molar-refractivity contribution in [2.24, 2.45) is 0 Å². The SMILES string of the molecule is Clc1ccc(Br)cc1C(Cl)c1cccs1. The molecule has 0 saturated heterocycles. The van der Waals surface area contributed by atoms with E-state index in [9.17, 15) is 0 Å². The Morgan fingerprint density at radius 3 is 2.73 bits per heavy atom. The van der Waals surface area contributed by atoms with Crippen LogP contribution in [-0.4, -0.2) is 0 Å². The quantitative estimate of drug-likeness (QED) is 0.641. The highest BCUT2D eigenvalue weighted by Crippen LogP contribution is 2.37. The van der Waals surface area contributed by atoms with Crippen LogP contribution in [0, 0.1) is 0 Å². The summed E-state index contributed by atoms with van der Waals surface area (Å²) >= 11 is 17.5.